The lowest BCUT2D eigenvalue weighted by atomic mass is 9.87. The quantitative estimate of drug-likeness (QED) is 0.644. The largest absolute Gasteiger partial charge is 0.350 e. The molecule has 2 fully saturated rings. The summed E-state index contributed by atoms with van der Waals surface area (Å²) in [4.78, 5) is 31.9. The van der Waals surface area contributed by atoms with Crippen LogP contribution < -0.4 is 5.32 Å². The molecule has 0 aromatic carbocycles. The van der Waals surface area contributed by atoms with Gasteiger partial charge in [-0.25, -0.2) is 4.98 Å². The first-order valence-electron chi connectivity index (χ1n) is 11.9. The number of piperidine rings is 1. The molecule has 3 aliphatic rings. The number of allylic oxidation sites excluding steroid dienone is 1. The van der Waals surface area contributed by atoms with Gasteiger partial charge in [-0.05, 0) is 57.8 Å². The molecule has 1 aliphatic heterocycles. The lowest BCUT2D eigenvalue weighted by Gasteiger charge is -2.34. The highest BCUT2D eigenvalue weighted by atomic mass is 32.1. The van der Waals surface area contributed by atoms with Crippen LogP contribution in [0.3, 0.4) is 0 Å². The van der Waals surface area contributed by atoms with E-state index in [2.05, 4.69) is 21.3 Å². The average Bonchev–Trinajstić information content (AvgIpc) is 3.30. The van der Waals surface area contributed by atoms with Gasteiger partial charge < -0.3 is 10.2 Å². The van der Waals surface area contributed by atoms with Gasteiger partial charge in [0.1, 0.15) is 5.69 Å². The van der Waals surface area contributed by atoms with Crippen LogP contribution in [-0.2, 0) is 4.79 Å². The summed E-state index contributed by atoms with van der Waals surface area (Å²) < 4.78 is 0. The van der Waals surface area contributed by atoms with E-state index in [0.29, 0.717) is 24.1 Å². The number of likely N-dealkylation sites (tertiary alicyclic amines) is 1. The van der Waals surface area contributed by atoms with Gasteiger partial charge in [-0.2, -0.15) is 0 Å². The highest BCUT2D eigenvalue weighted by Crippen LogP contribution is 2.32. The van der Waals surface area contributed by atoms with Crippen LogP contribution >= 0.6 is 11.3 Å². The van der Waals surface area contributed by atoms with Crippen molar-refractivity contribution in [1.29, 1.82) is 0 Å². The smallest absolute Gasteiger partial charge is 0.270 e. The van der Waals surface area contributed by atoms with E-state index in [4.69, 9.17) is 0 Å². The number of aromatic nitrogens is 1. The molecule has 1 saturated heterocycles. The number of carbonyl (C=O) groups excluding carboxylic acids is 2. The van der Waals surface area contributed by atoms with Gasteiger partial charge >= 0.3 is 0 Å². The van der Waals surface area contributed by atoms with E-state index in [0.717, 1.165) is 50.2 Å². The van der Waals surface area contributed by atoms with Crippen LogP contribution in [-0.4, -0.2) is 41.3 Å². The summed E-state index contributed by atoms with van der Waals surface area (Å²) in [7, 11) is 0. The monoisotopic (exact) mass is 429 g/mol. The van der Waals surface area contributed by atoms with Gasteiger partial charge in [-0.3, -0.25) is 9.59 Å². The van der Waals surface area contributed by atoms with Crippen molar-refractivity contribution in [1.82, 2.24) is 15.2 Å². The first kappa shape index (κ1) is 21.5. The minimum atomic E-state index is -0.0566. The molecular formula is C24H35N3O2S. The van der Waals surface area contributed by atoms with E-state index in [1.165, 1.54) is 50.5 Å². The van der Waals surface area contributed by atoms with Crippen LogP contribution in [0.25, 0.3) is 0 Å². The molecule has 5 nitrogen and oxygen atoms in total. The second kappa shape index (κ2) is 10.6. The zero-order valence-corrected chi connectivity index (χ0v) is 18.9. The Morgan fingerprint density at radius 1 is 1.07 bits per heavy atom. The Kier molecular flexibility index (Phi) is 7.58. The molecule has 6 heteroatoms. The third kappa shape index (κ3) is 5.51. The third-order valence-electron chi connectivity index (χ3n) is 6.98. The standard InChI is InChI=1S/C24H35N3O2S/c28-22(25-14-11-18-7-3-1-4-8-18)21-17-30-23(26-21)19-12-15-27(16-13-19)24(29)20-9-5-2-6-10-20/h7,17,19-20H,1-6,8-16H2,(H,25,28). The molecule has 2 heterocycles. The summed E-state index contributed by atoms with van der Waals surface area (Å²) in [6.45, 7) is 2.35. The Bertz CT molecular complexity index is 758. The summed E-state index contributed by atoms with van der Waals surface area (Å²) in [6.07, 6.45) is 16.0. The fourth-order valence-electron chi connectivity index (χ4n) is 5.09. The maximum absolute atomic E-state index is 12.8. The molecule has 2 amide bonds. The van der Waals surface area contributed by atoms with E-state index in [-0.39, 0.29) is 11.8 Å². The fraction of sp³-hybridized carbons (Fsp3) is 0.708. The van der Waals surface area contributed by atoms with Crippen LogP contribution in [0.5, 0.6) is 0 Å². The highest BCUT2D eigenvalue weighted by Gasteiger charge is 2.30. The Hall–Kier alpha value is -1.69. The van der Waals surface area contributed by atoms with Crippen molar-refractivity contribution in [3.05, 3.63) is 27.7 Å². The average molecular weight is 430 g/mol. The van der Waals surface area contributed by atoms with Crippen LogP contribution in [0.4, 0.5) is 0 Å². The Balaban J connectivity index is 1.22. The number of carbonyl (C=O) groups is 2. The number of hydrogen-bond acceptors (Lipinski definition) is 4. The first-order chi connectivity index (χ1) is 14.7. The van der Waals surface area contributed by atoms with Crippen LogP contribution in [0.15, 0.2) is 17.0 Å². The summed E-state index contributed by atoms with van der Waals surface area (Å²) in [5.74, 6) is 0.952. The summed E-state index contributed by atoms with van der Waals surface area (Å²) in [5, 5.41) is 5.98. The molecule has 1 saturated carbocycles. The maximum atomic E-state index is 12.8. The lowest BCUT2D eigenvalue weighted by molar-refractivity contribution is -0.137. The summed E-state index contributed by atoms with van der Waals surface area (Å²) >= 11 is 1.60. The molecule has 0 bridgehead atoms. The second-order valence-electron chi connectivity index (χ2n) is 9.12. The molecule has 0 spiro atoms. The van der Waals surface area contributed by atoms with Gasteiger partial charge in [0, 0.05) is 36.9 Å². The molecule has 1 aromatic rings. The van der Waals surface area contributed by atoms with Crippen molar-refractivity contribution in [2.75, 3.05) is 19.6 Å². The van der Waals surface area contributed by atoms with E-state index < -0.39 is 0 Å². The van der Waals surface area contributed by atoms with Crippen LogP contribution in [0.1, 0.15) is 98.5 Å². The molecule has 30 heavy (non-hydrogen) atoms. The van der Waals surface area contributed by atoms with E-state index in [1.54, 1.807) is 11.3 Å². The number of amides is 2. The minimum absolute atomic E-state index is 0.0566. The lowest BCUT2D eigenvalue weighted by Crippen LogP contribution is -2.41. The predicted molar refractivity (Wildman–Crippen MR) is 121 cm³/mol. The van der Waals surface area contributed by atoms with Crippen LogP contribution in [0, 0.1) is 5.92 Å². The Morgan fingerprint density at radius 2 is 1.87 bits per heavy atom. The fourth-order valence-corrected chi connectivity index (χ4v) is 6.06. The SMILES string of the molecule is O=C(NCCC1=CCCCC1)c1csc(C2CCN(C(=O)C3CCCCC3)CC2)n1. The topological polar surface area (TPSA) is 62.3 Å². The molecule has 0 radical (unpaired) electrons. The second-order valence-corrected chi connectivity index (χ2v) is 10.0. The Labute approximate surface area is 184 Å². The van der Waals surface area contributed by atoms with Crippen molar-refractivity contribution in [2.45, 2.75) is 83.0 Å². The van der Waals surface area contributed by atoms with Gasteiger partial charge in [0.25, 0.3) is 5.91 Å². The number of nitrogens with one attached hydrogen (secondary N) is 1. The van der Waals surface area contributed by atoms with Crippen molar-refractivity contribution in [2.24, 2.45) is 5.92 Å². The summed E-state index contributed by atoms with van der Waals surface area (Å²) in [6, 6.07) is 0. The maximum Gasteiger partial charge on any atom is 0.270 e. The van der Waals surface area contributed by atoms with Gasteiger partial charge in [-0.1, -0.05) is 30.9 Å². The number of rotatable bonds is 6. The van der Waals surface area contributed by atoms with Gasteiger partial charge in [-0.15, -0.1) is 11.3 Å². The Morgan fingerprint density at radius 3 is 2.60 bits per heavy atom. The zero-order valence-electron chi connectivity index (χ0n) is 18.0. The molecular weight excluding hydrogens is 394 g/mol. The molecule has 164 valence electrons. The molecule has 0 unspecified atom stereocenters. The van der Waals surface area contributed by atoms with Crippen molar-refractivity contribution in [3.63, 3.8) is 0 Å². The van der Waals surface area contributed by atoms with Gasteiger partial charge in [0.2, 0.25) is 5.91 Å². The zero-order chi connectivity index (χ0) is 20.8. The molecule has 2 aliphatic carbocycles. The van der Waals surface area contributed by atoms with Gasteiger partial charge in [0.15, 0.2) is 0 Å². The molecule has 1 N–H and O–H groups in total. The van der Waals surface area contributed by atoms with Gasteiger partial charge in [0.05, 0.1) is 5.01 Å². The predicted octanol–water partition coefficient (Wildman–Crippen LogP) is 5.05. The van der Waals surface area contributed by atoms with E-state index >= 15 is 0 Å². The number of hydrogen-bond donors (Lipinski definition) is 1. The number of thiazole rings is 1. The van der Waals surface area contributed by atoms with Crippen molar-refractivity contribution in [3.8, 4) is 0 Å². The third-order valence-corrected chi connectivity index (χ3v) is 7.99. The minimum Gasteiger partial charge on any atom is -0.350 e. The van der Waals surface area contributed by atoms with Crippen LogP contribution in [0.2, 0.25) is 0 Å². The summed E-state index contributed by atoms with van der Waals surface area (Å²) in [5.41, 5.74) is 2.03. The number of nitrogens with zero attached hydrogens (tertiary/aromatic N) is 2. The molecule has 1 aromatic heterocycles. The normalized spacial score (nSPS) is 21.3. The molecule has 0 atom stereocenters. The van der Waals surface area contributed by atoms with E-state index in [1.807, 2.05) is 5.38 Å². The van der Waals surface area contributed by atoms with E-state index in [9.17, 15) is 9.59 Å². The van der Waals surface area contributed by atoms with Crippen molar-refractivity contribution >= 4 is 23.2 Å². The molecule has 4 rings (SSSR count). The first-order valence-corrected chi connectivity index (χ1v) is 12.8. The van der Waals surface area contributed by atoms with Crippen molar-refractivity contribution < 1.29 is 9.59 Å². The highest BCUT2D eigenvalue weighted by molar-refractivity contribution is 7.09.